The molecule has 3 rings (SSSR count). The number of para-hydroxylation sites is 1. The summed E-state index contributed by atoms with van der Waals surface area (Å²) in [5.74, 6) is 0.667. The Balaban J connectivity index is 1.74. The quantitative estimate of drug-likeness (QED) is 0.832. The number of anilines is 2. The predicted molar refractivity (Wildman–Crippen MR) is 83.4 cm³/mol. The summed E-state index contributed by atoms with van der Waals surface area (Å²) in [4.78, 5) is 12.4. The molecule has 0 radical (unpaired) electrons. The number of rotatable bonds is 2. The molecule has 1 heterocycles. The first-order valence-corrected chi connectivity index (χ1v) is 7.01. The summed E-state index contributed by atoms with van der Waals surface area (Å²) >= 11 is 0. The van der Waals surface area contributed by atoms with Gasteiger partial charge in [0.1, 0.15) is 12.4 Å². The second-order valence-corrected chi connectivity index (χ2v) is 5.38. The Hall–Kier alpha value is -2.49. The second-order valence-electron chi connectivity index (χ2n) is 5.38. The second kappa shape index (κ2) is 5.48. The Morgan fingerprint density at radius 3 is 2.95 bits per heavy atom. The van der Waals surface area contributed by atoms with Gasteiger partial charge in [-0.1, -0.05) is 24.3 Å². The van der Waals surface area contributed by atoms with Crippen LogP contribution in [0.1, 0.15) is 11.1 Å². The molecule has 1 unspecified atom stereocenters. The summed E-state index contributed by atoms with van der Waals surface area (Å²) in [5, 5.41) is 2.95. The molecular formula is C17H18N2O2. The molecule has 1 aliphatic heterocycles. The third kappa shape index (κ3) is 2.84. The number of nitrogen functional groups attached to an aromatic ring is 1. The Bertz CT molecular complexity index is 682. The summed E-state index contributed by atoms with van der Waals surface area (Å²) in [6, 6.07) is 13.3. The van der Waals surface area contributed by atoms with Crippen LogP contribution in [-0.2, 0) is 11.2 Å². The van der Waals surface area contributed by atoms with Gasteiger partial charge in [-0.2, -0.15) is 0 Å². The van der Waals surface area contributed by atoms with Crippen LogP contribution in [0.2, 0.25) is 0 Å². The molecule has 4 heteroatoms. The molecule has 0 aliphatic carbocycles. The van der Waals surface area contributed by atoms with E-state index in [1.165, 1.54) is 0 Å². The molecule has 21 heavy (non-hydrogen) atoms. The molecule has 1 aliphatic rings. The number of aryl methyl sites for hydroxylation is 1. The molecule has 0 aromatic heterocycles. The van der Waals surface area contributed by atoms with E-state index in [-0.39, 0.29) is 11.8 Å². The van der Waals surface area contributed by atoms with Crippen LogP contribution in [0, 0.1) is 12.8 Å². The Morgan fingerprint density at radius 2 is 2.10 bits per heavy atom. The molecule has 0 saturated heterocycles. The zero-order valence-electron chi connectivity index (χ0n) is 11.9. The molecular weight excluding hydrogens is 264 g/mol. The van der Waals surface area contributed by atoms with Crippen molar-refractivity contribution >= 4 is 17.3 Å². The smallest absolute Gasteiger partial charge is 0.231 e. The SMILES string of the molecule is Cc1ccc(N)cc1NC(=O)C1COc2ccccc2C1. The molecule has 2 aromatic carbocycles. The molecule has 1 atom stereocenters. The van der Waals surface area contributed by atoms with E-state index in [1.54, 1.807) is 6.07 Å². The number of carbonyl (C=O) groups excluding carboxylic acids is 1. The minimum absolute atomic E-state index is 0.0294. The van der Waals surface area contributed by atoms with Crippen LogP contribution in [-0.4, -0.2) is 12.5 Å². The zero-order valence-corrected chi connectivity index (χ0v) is 11.9. The van der Waals surface area contributed by atoms with Gasteiger partial charge in [0.25, 0.3) is 0 Å². The van der Waals surface area contributed by atoms with Gasteiger partial charge in [0.05, 0.1) is 5.92 Å². The number of nitrogens with two attached hydrogens (primary N) is 1. The molecule has 0 fully saturated rings. The van der Waals surface area contributed by atoms with Crippen LogP contribution in [0.15, 0.2) is 42.5 Å². The van der Waals surface area contributed by atoms with Crippen molar-refractivity contribution in [1.82, 2.24) is 0 Å². The summed E-state index contributed by atoms with van der Waals surface area (Å²) in [7, 11) is 0. The number of amides is 1. The van der Waals surface area contributed by atoms with E-state index in [0.717, 1.165) is 22.6 Å². The highest BCUT2D eigenvalue weighted by atomic mass is 16.5. The van der Waals surface area contributed by atoms with Gasteiger partial charge in [0.15, 0.2) is 0 Å². The average molecular weight is 282 g/mol. The first-order chi connectivity index (χ1) is 10.1. The molecule has 1 amide bonds. The fraction of sp³-hybridized carbons (Fsp3) is 0.235. The lowest BCUT2D eigenvalue weighted by Crippen LogP contribution is -2.32. The predicted octanol–water partition coefficient (Wildman–Crippen LogP) is 2.77. The van der Waals surface area contributed by atoms with Gasteiger partial charge >= 0.3 is 0 Å². The average Bonchev–Trinajstić information content (AvgIpc) is 2.50. The van der Waals surface area contributed by atoms with E-state index in [1.807, 2.05) is 43.3 Å². The van der Waals surface area contributed by atoms with Crippen LogP contribution in [0.3, 0.4) is 0 Å². The Kier molecular flexibility index (Phi) is 3.52. The van der Waals surface area contributed by atoms with Gasteiger partial charge in [-0.25, -0.2) is 0 Å². The van der Waals surface area contributed by atoms with Crippen LogP contribution in [0.5, 0.6) is 5.75 Å². The first-order valence-electron chi connectivity index (χ1n) is 7.01. The summed E-state index contributed by atoms with van der Waals surface area (Å²) in [5.41, 5.74) is 9.24. The van der Waals surface area contributed by atoms with E-state index in [4.69, 9.17) is 10.5 Å². The number of carbonyl (C=O) groups is 1. The van der Waals surface area contributed by atoms with Crippen molar-refractivity contribution in [3.63, 3.8) is 0 Å². The third-order valence-corrected chi connectivity index (χ3v) is 3.77. The van der Waals surface area contributed by atoms with E-state index < -0.39 is 0 Å². The number of hydrogen-bond donors (Lipinski definition) is 2. The van der Waals surface area contributed by atoms with Crippen LogP contribution in [0.4, 0.5) is 11.4 Å². The van der Waals surface area contributed by atoms with Gasteiger partial charge in [-0.3, -0.25) is 4.79 Å². The highest BCUT2D eigenvalue weighted by Gasteiger charge is 2.26. The lowest BCUT2D eigenvalue weighted by atomic mass is 9.96. The third-order valence-electron chi connectivity index (χ3n) is 3.77. The monoisotopic (exact) mass is 282 g/mol. The van der Waals surface area contributed by atoms with Crippen molar-refractivity contribution in [3.05, 3.63) is 53.6 Å². The van der Waals surface area contributed by atoms with Gasteiger partial charge in [-0.05, 0) is 42.7 Å². The van der Waals surface area contributed by atoms with Crippen molar-refractivity contribution in [1.29, 1.82) is 0 Å². The van der Waals surface area contributed by atoms with Crippen LogP contribution in [0.25, 0.3) is 0 Å². The van der Waals surface area contributed by atoms with Gasteiger partial charge in [0.2, 0.25) is 5.91 Å². The van der Waals surface area contributed by atoms with E-state index in [0.29, 0.717) is 18.7 Å². The molecule has 2 aromatic rings. The maximum Gasteiger partial charge on any atom is 0.231 e. The summed E-state index contributed by atoms with van der Waals surface area (Å²) in [6.07, 6.45) is 0.698. The molecule has 108 valence electrons. The molecule has 4 nitrogen and oxygen atoms in total. The summed E-state index contributed by atoms with van der Waals surface area (Å²) in [6.45, 7) is 2.35. The highest BCUT2D eigenvalue weighted by molar-refractivity contribution is 5.94. The molecule has 3 N–H and O–H groups in total. The Morgan fingerprint density at radius 1 is 1.29 bits per heavy atom. The van der Waals surface area contributed by atoms with Gasteiger partial charge in [0, 0.05) is 11.4 Å². The zero-order chi connectivity index (χ0) is 14.8. The van der Waals surface area contributed by atoms with Crippen LogP contribution < -0.4 is 15.8 Å². The number of ether oxygens (including phenoxy) is 1. The maximum absolute atomic E-state index is 12.4. The lowest BCUT2D eigenvalue weighted by molar-refractivity contribution is -0.121. The normalized spacial score (nSPS) is 16.7. The van der Waals surface area contributed by atoms with E-state index in [2.05, 4.69) is 5.32 Å². The maximum atomic E-state index is 12.4. The van der Waals surface area contributed by atoms with E-state index in [9.17, 15) is 4.79 Å². The number of benzene rings is 2. The standard InChI is InChI=1S/C17H18N2O2/c1-11-6-7-14(18)9-15(11)19-17(20)13-8-12-4-2-3-5-16(12)21-10-13/h2-7,9,13H,8,10,18H2,1H3,(H,19,20). The minimum atomic E-state index is -0.180. The highest BCUT2D eigenvalue weighted by Crippen LogP contribution is 2.28. The van der Waals surface area contributed by atoms with Crippen molar-refractivity contribution in [3.8, 4) is 5.75 Å². The van der Waals surface area contributed by atoms with Crippen molar-refractivity contribution in [2.24, 2.45) is 5.92 Å². The van der Waals surface area contributed by atoms with Crippen molar-refractivity contribution < 1.29 is 9.53 Å². The Labute approximate surface area is 123 Å². The first kappa shape index (κ1) is 13.5. The number of hydrogen-bond acceptors (Lipinski definition) is 3. The summed E-state index contributed by atoms with van der Waals surface area (Å²) < 4.78 is 5.66. The number of nitrogens with one attached hydrogen (secondary N) is 1. The molecule has 0 spiro atoms. The minimum Gasteiger partial charge on any atom is -0.492 e. The topological polar surface area (TPSA) is 64.3 Å². The van der Waals surface area contributed by atoms with Gasteiger partial charge < -0.3 is 15.8 Å². The fourth-order valence-electron chi connectivity index (χ4n) is 2.51. The molecule has 0 saturated carbocycles. The van der Waals surface area contributed by atoms with Crippen molar-refractivity contribution in [2.75, 3.05) is 17.7 Å². The lowest BCUT2D eigenvalue weighted by Gasteiger charge is -2.24. The molecule has 0 bridgehead atoms. The fourth-order valence-corrected chi connectivity index (χ4v) is 2.51. The van der Waals surface area contributed by atoms with Crippen molar-refractivity contribution in [2.45, 2.75) is 13.3 Å². The number of fused-ring (bicyclic) bond motifs is 1. The van der Waals surface area contributed by atoms with E-state index >= 15 is 0 Å². The van der Waals surface area contributed by atoms with Crippen LogP contribution >= 0.6 is 0 Å². The largest absolute Gasteiger partial charge is 0.492 e. The van der Waals surface area contributed by atoms with Gasteiger partial charge in [-0.15, -0.1) is 0 Å².